The van der Waals surface area contributed by atoms with Crippen LogP contribution >= 0.6 is 46.6 Å². The number of halogens is 3. The molecule has 1 atom stereocenters. The van der Waals surface area contributed by atoms with Crippen LogP contribution in [0.3, 0.4) is 0 Å². The number of carbonyl (C=O) groups excluding carboxylic acids is 1. The van der Waals surface area contributed by atoms with Crippen molar-refractivity contribution < 1.29 is 4.79 Å². The van der Waals surface area contributed by atoms with Gasteiger partial charge in [0.1, 0.15) is 0 Å². The molecule has 1 heterocycles. The zero-order valence-electron chi connectivity index (χ0n) is 11.4. The zero-order valence-corrected chi connectivity index (χ0v) is 15.1. The van der Waals surface area contributed by atoms with E-state index < -0.39 is 0 Å². The topological polar surface area (TPSA) is 32.3 Å². The number of likely N-dealkylation sites (tertiary alicyclic amines) is 1. The summed E-state index contributed by atoms with van der Waals surface area (Å²) in [4.78, 5) is 14.5. The van der Waals surface area contributed by atoms with Crippen LogP contribution in [0.1, 0.15) is 23.2 Å². The predicted molar refractivity (Wildman–Crippen MR) is 94.0 cm³/mol. The first-order valence-electron chi connectivity index (χ1n) is 6.50. The van der Waals surface area contributed by atoms with Crippen LogP contribution in [-0.4, -0.2) is 37.5 Å². The lowest BCUT2D eigenvalue weighted by Crippen LogP contribution is -2.42. The Kier molecular flexibility index (Phi) is 7.58. The van der Waals surface area contributed by atoms with E-state index in [4.69, 9.17) is 11.6 Å². The van der Waals surface area contributed by atoms with Crippen LogP contribution in [-0.2, 0) is 0 Å². The maximum atomic E-state index is 12.6. The molecule has 0 radical (unpaired) electrons. The largest absolute Gasteiger partial charge is 0.338 e. The van der Waals surface area contributed by atoms with Gasteiger partial charge in [-0.3, -0.25) is 4.79 Å². The fourth-order valence-corrected chi connectivity index (χ4v) is 3.27. The summed E-state index contributed by atoms with van der Waals surface area (Å²) in [7, 11) is 1.96. The molecule has 0 spiro atoms. The third-order valence-electron chi connectivity index (χ3n) is 3.46. The van der Waals surface area contributed by atoms with E-state index in [2.05, 4.69) is 27.9 Å². The molecule has 6 heteroatoms. The Hall–Kier alpha value is -0.0400. The van der Waals surface area contributed by atoms with Gasteiger partial charge in [-0.05, 0) is 73.1 Å². The lowest BCUT2D eigenvalue weighted by Gasteiger charge is -2.33. The first-order chi connectivity index (χ1) is 9.11. The smallest absolute Gasteiger partial charge is 0.254 e. The van der Waals surface area contributed by atoms with Crippen molar-refractivity contribution in [3.63, 3.8) is 0 Å². The van der Waals surface area contributed by atoms with E-state index in [1.165, 1.54) is 6.42 Å². The minimum atomic E-state index is 0. The number of benzene rings is 1. The van der Waals surface area contributed by atoms with Crippen LogP contribution in [0.15, 0.2) is 18.2 Å². The number of amides is 1. The molecule has 1 aliphatic rings. The number of nitrogens with zero attached hydrogens (tertiary/aromatic N) is 1. The molecule has 1 aliphatic heterocycles. The van der Waals surface area contributed by atoms with Crippen LogP contribution in [0, 0.1) is 9.49 Å². The van der Waals surface area contributed by atoms with Crippen molar-refractivity contribution >= 4 is 52.5 Å². The second kappa shape index (κ2) is 8.41. The maximum absolute atomic E-state index is 12.6. The van der Waals surface area contributed by atoms with Gasteiger partial charge in [-0.15, -0.1) is 12.4 Å². The molecule has 1 aromatic carbocycles. The number of hydrogen-bond acceptors (Lipinski definition) is 2. The van der Waals surface area contributed by atoms with Crippen LogP contribution in [0.2, 0.25) is 5.02 Å². The minimum Gasteiger partial charge on any atom is -0.338 e. The SMILES string of the molecule is CNCC1CCCN(C(=O)c2cc(Cl)ccc2I)C1.Cl. The summed E-state index contributed by atoms with van der Waals surface area (Å²) in [6.07, 6.45) is 2.27. The van der Waals surface area contributed by atoms with E-state index in [9.17, 15) is 4.79 Å². The highest BCUT2D eigenvalue weighted by Gasteiger charge is 2.25. The number of hydrogen-bond donors (Lipinski definition) is 1. The van der Waals surface area contributed by atoms with Crippen LogP contribution in [0.25, 0.3) is 0 Å². The molecule has 0 bridgehead atoms. The van der Waals surface area contributed by atoms with E-state index in [-0.39, 0.29) is 18.3 Å². The van der Waals surface area contributed by atoms with Crippen LogP contribution in [0.5, 0.6) is 0 Å². The first-order valence-corrected chi connectivity index (χ1v) is 7.96. The Morgan fingerprint density at radius 3 is 3.00 bits per heavy atom. The van der Waals surface area contributed by atoms with Gasteiger partial charge >= 0.3 is 0 Å². The normalized spacial score (nSPS) is 18.6. The Balaban J connectivity index is 0.00000200. The van der Waals surface area contributed by atoms with Crippen LogP contribution in [0.4, 0.5) is 0 Å². The lowest BCUT2D eigenvalue weighted by molar-refractivity contribution is 0.0673. The van der Waals surface area contributed by atoms with Crippen LogP contribution < -0.4 is 5.32 Å². The molecule has 1 N–H and O–H groups in total. The van der Waals surface area contributed by atoms with Gasteiger partial charge in [0.05, 0.1) is 5.56 Å². The van der Waals surface area contributed by atoms with Gasteiger partial charge in [0, 0.05) is 21.7 Å². The number of carbonyl (C=O) groups is 1. The molecule has 0 saturated carbocycles. The number of piperidine rings is 1. The van der Waals surface area contributed by atoms with Crippen molar-refractivity contribution in [1.29, 1.82) is 0 Å². The molecule has 0 aromatic heterocycles. The standard InChI is InChI=1S/C14H18ClIN2O.ClH/c1-17-8-10-3-2-6-18(9-10)14(19)12-7-11(15)4-5-13(12)16;/h4-5,7,10,17H,2-3,6,8-9H2,1H3;1H. The summed E-state index contributed by atoms with van der Waals surface area (Å²) in [5.74, 6) is 0.659. The second-order valence-electron chi connectivity index (χ2n) is 4.94. The molecular formula is C14H19Cl2IN2O. The highest BCUT2D eigenvalue weighted by Crippen LogP contribution is 2.23. The maximum Gasteiger partial charge on any atom is 0.254 e. The average Bonchev–Trinajstić information content (AvgIpc) is 2.41. The molecule has 1 unspecified atom stereocenters. The fraction of sp³-hybridized carbons (Fsp3) is 0.500. The minimum absolute atomic E-state index is 0. The van der Waals surface area contributed by atoms with Gasteiger partial charge in [0.2, 0.25) is 0 Å². The highest BCUT2D eigenvalue weighted by molar-refractivity contribution is 14.1. The summed E-state index contributed by atoms with van der Waals surface area (Å²) in [6, 6.07) is 5.48. The van der Waals surface area contributed by atoms with E-state index in [0.29, 0.717) is 10.9 Å². The van der Waals surface area contributed by atoms with E-state index in [1.54, 1.807) is 6.07 Å². The summed E-state index contributed by atoms with van der Waals surface area (Å²) in [6.45, 7) is 2.65. The summed E-state index contributed by atoms with van der Waals surface area (Å²) >= 11 is 8.19. The van der Waals surface area contributed by atoms with Gasteiger partial charge in [-0.1, -0.05) is 11.6 Å². The molecule has 0 aliphatic carbocycles. The third-order valence-corrected chi connectivity index (χ3v) is 4.63. The molecule has 112 valence electrons. The quantitative estimate of drug-likeness (QED) is 0.748. The van der Waals surface area contributed by atoms with Gasteiger partial charge in [-0.25, -0.2) is 0 Å². The zero-order chi connectivity index (χ0) is 13.8. The molecule has 1 aromatic rings. The molecular weight excluding hydrogens is 410 g/mol. The number of nitrogens with one attached hydrogen (secondary N) is 1. The van der Waals surface area contributed by atoms with Crippen molar-refractivity contribution in [2.75, 3.05) is 26.7 Å². The Morgan fingerprint density at radius 2 is 2.30 bits per heavy atom. The van der Waals surface area contributed by atoms with E-state index in [0.717, 1.165) is 35.2 Å². The summed E-state index contributed by atoms with van der Waals surface area (Å²) in [5.41, 5.74) is 0.721. The Bertz CT molecular complexity index is 468. The first kappa shape index (κ1) is 18.0. The predicted octanol–water partition coefficient (Wildman–Crippen LogP) is 3.44. The van der Waals surface area contributed by atoms with E-state index in [1.807, 2.05) is 24.1 Å². The van der Waals surface area contributed by atoms with Gasteiger partial charge < -0.3 is 10.2 Å². The summed E-state index contributed by atoms with van der Waals surface area (Å²) < 4.78 is 0.961. The molecule has 20 heavy (non-hydrogen) atoms. The van der Waals surface area contributed by atoms with Gasteiger partial charge in [0.25, 0.3) is 5.91 Å². The highest BCUT2D eigenvalue weighted by atomic mass is 127. The van der Waals surface area contributed by atoms with Crippen molar-refractivity contribution in [3.8, 4) is 0 Å². The summed E-state index contributed by atoms with van der Waals surface area (Å²) in [5, 5.41) is 3.81. The fourth-order valence-electron chi connectivity index (χ4n) is 2.54. The van der Waals surface area contributed by atoms with Crippen molar-refractivity contribution in [2.24, 2.45) is 5.92 Å². The number of rotatable bonds is 3. The van der Waals surface area contributed by atoms with E-state index >= 15 is 0 Å². The van der Waals surface area contributed by atoms with Gasteiger partial charge in [0.15, 0.2) is 0 Å². The lowest BCUT2D eigenvalue weighted by atomic mass is 9.97. The van der Waals surface area contributed by atoms with Crippen molar-refractivity contribution in [2.45, 2.75) is 12.8 Å². The van der Waals surface area contributed by atoms with Crippen molar-refractivity contribution in [1.82, 2.24) is 10.2 Å². The monoisotopic (exact) mass is 428 g/mol. The Morgan fingerprint density at radius 1 is 1.55 bits per heavy atom. The molecule has 2 rings (SSSR count). The molecule has 3 nitrogen and oxygen atoms in total. The molecule has 1 saturated heterocycles. The van der Waals surface area contributed by atoms with Gasteiger partial charge in [-0.2, -0.15) is 0 Å². The third kappa shape index (κ3) is 4.48. The molecule has 1 fully saturated rings. The average molecular weight is 429 g/mol. The van der Waals surface area contributed by atoms with Crippen molar-refractivity contribution in [3.05, 3.63) is 32.4 Å². The Labute approximate surface area is 145 Å². The molecule has 1 amide bonds. The second-order valence-corrected chi connectivity index (χ2v) is 6.54.